The molecule has 0 aliphatic carbocycles. The highest BCUT2D eigenvalue weighted by Gasteiger charge is 2.18. The fraction of sp³-hybridized carbons (Fsp3) is 0.125. The molecule has 0 radical (unpaired) electrons. The number of thiazole rings is 1. The van der Waals surface area contributed by atoms with Crippen molar-refractivity contribution in [3.63, 3.8) is 0 Å². The number of rotatable bonds is 7. The summed E-state index contributed by atoms with van der Waals surface area (Å²) in [4.78, 5) is 31.3. The third-order valence-corrected chi connectivity index (χ3v) is 6.95. The van der Waals surface area contributed by atoms with Gasteiger partial charge in [-0.2, -0.15) is 0 Å². The predicted octanol–water partition coefficient (Wildman–Crippen LogP) is 6.72. The van der Waals surface area contributed by atoms with Crippen LogP contribution in [0.2, 0.25) is 5.02 Å². The summed E-state index contributed by atoms with van der Waals surface area (Å²) in [7, 11) is 0. The number of aromatic nitrogens is 1. The van der Waals surface area contributed by atoms with Crippen LogP contribution in [0.15, 0.2) is 66.0 Å². The first-order valence-electron chi connectivity index (χ1n) is 10.0. The molecule has 162 valence electrons. The van der Waals surface area contributed by atoms with Crippen LogP contribution in [0.1, 0.15) is 18.2 Å². The van der Waals surface area contributed by atoms with Crippen molar-refractivity contribution in [1.82, 2.24) is 4.98 Å². The van der Waals surface area contributed by atoms with Crippen LogP contribution in [-0.4, -0.2) is 16.8 Å². The van der Waals surface area contributed by atoms with Gasteiger partial charge in [-0.1, -0.05) is 54.9 Å². The number of nitrogens with one attached hydrogen (secondary N) is 2. The van der Waals surface area contributed by atoms with E-state index in [1.807, 2.05) is 47.8 Å². The molecule has 2 N–H and O–H groups in total. The summed E-state index contributed by atoms with van der Waals surface area (Å²) < 4.78 is 0. The van der Waals surface area contributed by atoms with Crippen LogP contribution >= 0.6 is 34.3 Å². The number of hydrogen-bond donors (Lipinski definition) is 2. The molecule has 2 aromatic carbocycles. The van der Waals surface area contributed by atoms with E-state index in [2.05, 4.69) is 10.6 Å². The minimum Gasteiger partial charge on any atom is -0.326 e. The van der Waals surface area contributed by atoms with Crippen LogP contribution in [0, 0.1) is 0 Å². The molecule has 2 amide bonds. The first-order valence-corrected chi connectivity index (χ1v) is 12.1. The van der Waals surface area contributed by atoms with Gasteiger partial charge in [-0.15, -0.1) is 22.7 Å². The summed E-state index contributed by atoms with van der Waals surface area (Å²) >= 11 is 9.38. The van der Waals surface area contributed by atoms with Gasteiger partial charge in [0, 0.05) is 22.5 Å². The smallest absolute Gasteiger partial charge is 0.229 e. The van der Waals surface area contributed by atoms with E-state index in [0.717, 1.165) is 26.0 Å². The predicted molar refractivity (Wildman–Crippen MR) is 134 cm³/mol. The second-order valence-electron chi connectivity index (χ2n) is 6.96. The van der Waals surface area contributed by atoms with Gasteiger partial charge < -0.3 is 10.6 Å². The van der Waals surface area contributed by atoms with Gasteiger partial charge >= 0.3 is 0 Å². The Morgan fingerprint density at radius 1 is 1.00 bits per heavy atom. The van der Waals surface area contributed by atoms with Gasteiger partial charge in [-0.05, 0) is 29.6 Å². The average Bonchev–Trinajstić information content (AvgIpc) is 3.46. The zero-order valence-electron chi connectivity index (χ0n) is 17.2. The number of carbonyl (C=O) groups excluding carboxylic acids is 2. The molecule has 4 aromatic rings. The minimum absolute atomic E-state index is 0.108. The highest BCUT2D eigenvalue weighted by Crippen LogP contribution is 2.36. The molecule has 0 atom stereocenters. The Bertz CT molecular complexity index is 1240. The van der Waals surface area contributed by atoms with Crippen molar-refractivity contribution >= 4 is 57.5 Å². The van der Waals surface area contributed by atoms with Crippen LogP contribution in [0.25, 0.3) is 21.1 Å². The van der Waals surface area contributed by atoms with Crippen molar-refractivity contribution in [3.05, 3.63) is 75.9 Å². The lowest BCUT2D eigenvalue weighted by Crippen LogP contribution is -2.15. The van der Waals surface area contributed by atoms with E-state index in [4.69, 9.17) is 16.6 Å². The maximum atomic E-state index is 12.9. The number of hydrogen-bond acceptors (Lipinski definition) is 5. The van der Waals surface area contributed by atoms with Crippen molar-refractivity contribution in [1.29, 1.82) is 0 Å². The summed E-state index contributed by atoms with van der Waals surface area (Å²) in [5.74, 6) is -0.310. The van der Waals surface area contributed by atoms with Crippen molar-refractivity contribution in [2.24, 2.45) is 0 Å². The molecule has 8 heteroatoms. The normalized spacial score (nSPS) is 10.7. The first kappa shape index (κ1) is 22.2. The van der Waals surface area contributed by atoms with Gasteiger partial charge in [0.25, 0.3) is 0 Å². The number of halogens is 1. The molecular formula is C24H20ClN3O2S2. The second-order valence-corrected chi connectivity index (χ2v) is 9.39. The third kappa shape index (κ3) is 5.24. The lowest BCUT2D eigenvalue weighted by atomic mass is 10.2. The lowest BCUT2D eigenvalue weighted by Gasteiger charge is -2.10. The quantitative estimate of drug-likeness (QED) is 0.307. The maximum Gasteiger partial charge on any atom is 0.229 e. The lowest BCUT2D eigenvalue weighted by molar-refractivity contribution is -0.116. The van der Waals surface area contributed by atoms with Crippen molar-refractivity contribution in [3.8, 4) is 21.1 Å². The van der Waals surface area contributed by atoms with E-state index in [-0.39, 0.29) is 18.2 Å². The highest BCUT2D eigenvalue weighted by atomic mass is 35.5. The molecule has 32 heavy (non-hydrogen) atoms. The largest absolute Gasteiger partial charge is 0.326 e. The number of anilines is 2. The molecule has 4 rings (SSSR count). The molecule has 0 aliphatic heterocycles. The summed E-state index contributed by atoms with van der Waals surface area (Å²) in [6, 6.07) is 18.9. The summed E-state index contributed by atoms with van der Waals surface area (Å²) in [6.45, 7) is 1.78. The first-order chi connectivity index (χ1) is 15.5. The van der Waals surface area contributed by atoms with E-state index < -0.39 is 0 Å². The zero-order chi connectivity index (χ0) is 22.5. The number of amides is 2. The molecule has 0 aliphatic rings. The van der Waals surface area contributed by atoms with E-state index in [9.17, 15) is 9.59 Å². The molecule has 0 fully saturated rings. The van der Waals surface area contributed by atoms with Gasteiger partial charge in [0.1, 0.15) is 5.01 Å². The van der Waals surface area contributed by atoms with E-state index in [0.29, 0.717) is 22.8 Å². The van der Waals surface area contributed by atoms with Gasteiger partial charge in [0.05, 0.1) is 27.7 Å². The van der Waals surface area contributed by atoms with E-state index in [1.165, 1.54) is 11.3 Å². The number of benzene rings is 2. The van der Waals surface area contributed by atoms with Crippen molar-refractivity contribution in [2.45, 2.75) is 19.8 Å². The Hall–Kier alpha value is -3.00. The van der Waals surface area contributed by atoms with Gasteiger partial charge in [-0.25, -0.2) is 4.98 Å². The zero-order valence-corrected chi connectivity index (χ0v) is 19.6. The van der Waals surface area contributed by atoms with Gasteiger partial charge in [-0.3, -0.25) is 9.59 Å². The monoisotopic (exact) mass is 481 g/mol. The van der Waals surface area contributed by atoms with Gasteiger partial charge in [0.2, 0.25) is 11.8 Å². The number of carbonyl (C=O) groups is 2. The fourth-order valence-electron chi connectivity index (χ4n) is 3.07. The molecular weight excluding hydrogens is 462 g/mol. The molecule has 5 nitrogen and oxygen atoms in total. The van der Waals surface area contributed by atoms with Crippen molar-refractivity contribution in [2.75, 3.05) is 10.6 Å². The molecule has 0 bridgehead atoms. The van der Waals surface area contributed by atoms with Gasteiger partial charge in [0.15, 0.2) is 0 Å². The Morgan fingerprint density at radius 2 is 1.81 bits per heavy atom. The van der Waals surface area contributed by atoms with Crippen molar-refractivity contribution < 1.29 is 9.59 Å². The highest BCUT2D eigenvalue weighted by molar-refractivity contribution is 7.17. The number of nitrogens with zero attached hydrogens (tertiary/aromatic N) is 1. The van der Waals surface area contributed by atoms with Crippen LogP contribution in [0.3, 0.4) is 0 Å². The van der Waals surface area contributed by atoms with Crippen LogP contribution in [-0.2, 0) is 16.0 Å². The Labute approximate surface area is 199 Å². The minimum atomic E-state index is -0.202. The fourth-order valence-corrected chi connectivity index (χ4v) is 5.12. The molecule has 0 saturated carbocycles. The average molecular weight is 482 g/mol. The summed E-state index contributed by atoms with van der Waals surface area (Å²) in [5.41, 5.74) is 2.88. The molecule has 2 aromatic heterocycles. The molecule has 0 spiro atoms. The second kappa shape index (κ2) is 10.1. The SMILES string of the molecule is CCC(=O)Nc1ccc(Cl)c(NC(=O)Cc2sc(-c3ccccc3)nc2-c2cccs2)c1. The Morgan fingerprint density at radius 3 is 2.53 bits per heavy atom. The Kier molecular flexibility index (Phi) is 6.99. The molecule has 0 saturated heterocycles. The van der Waals surface area contributed by atoms with Crippen LogP contribution in [0.5, 0.6) is 0 Å². The maximum absolute atomic E-state index is 12.9. The van der Waals surface area contributed by atoms with Crippen LogP contribution < -0.4 is 10.6 Å². The standard InChI is InChI=1S/C24H20ClN3O2S2/c1-2-21(29)26-16-10-11-17(25)18(13-16)27-22(30)14-20-23(19-9-6-12-31-19)28-24(32-20)15-7-4-3-5-8-15/h3-13H,2,14H2,1H3,(H,26,29)(H,27,30). The third-order valence-electron chi connectivity index (χ3n) is 4.64. The molecule has 2 heterocycles. The Balaban J connectivity index is 1.58. The number of thiophene rings is 1. The topological polar surface area (TPSA) is 71.1 Å². The summed E-state index contributed by atoms with van der Waals surface area (Å²) in [6.07, 6.45) is 0.532. The van der Waals surface area contributed by atoms with E-state index in [1.54, 1.807) is 36.5 Å². The van der Waals surface area contributed by atoms with Crippen LogP contribution in [0.4, 0.5) is 11.4 Å². The molecule has 0 unspecified atom stereocenters. The summed E-state index contributed by atoms with van der Waals surface area (Å²) in [5, 5.41) is 8.92. The van der Waals surface area contributed by atoms with E-state index >= 15 is 0 Å².